The van der Waals surface area contributed by atoms with Crippen LogP contribution in [0.4, 0.5) is 0 Å². The standard InChI is InChI=1S/C28H25ClN2O3S2/c1-16-12-19(17(2)31(16)28-30-10-11-35-28)4-5-22(33)6-7-23-14-21-13-20(15-24(29)27(21)34-23)26-9-8-25(36-26)18(3)32/h4-5,8-13,15,23H,6-7,14H2,1-3H3/b5-4+. The molecule has 4 aromatic rings. The molecule has 5 nitrogen and oxygen atoms in total. The monoisotopic (exact) mass is 536 g/mol. The van der Waals surface area contributed by atoms with Crippen LogP contribution < -0.4 is 4.74 Å². The normalized spacial score (nSPS) is 14.8. The van der Waals surface area contributed by atoms with Crippen molar-refractivity contribution in [3.63, 3.8) is 0 Å². The molecule has 184 valence electrons. The van der Waals surface area contributed by atoms with Gasteiger partial charge in [-0.25, -0.2) is 4.98 Å². The van der Waals surface area contributed by atoms with E-state index in [2.05, 4.69) is 21.7 Å². The number of fused-ring (bicyclic) bond motifs is 1. The van der Waals surface area contributed by atoms with E-state index in [9.17, 15) is 9.59 Å². The number of allylic oxidation sites excluding steroid dienone is 1. The van der Waals surface area contributed by atoms with Gasteiger partial charge in [-0.05, 0) is 80.8 Å². The Kier molecular flexibility index (Phi) is 6.97. The second-order valence-electron chi connectivity index (χ2n) is 8.93. The fourth-order valence-corrected chi connectivity index (χ4v) is 6.44. The van der Waals surface area contributed by atoms with Crippen molar-refractivity contribution in [2.75, 3.05) is 0 Å². The lowest BCUT2D eigenvalue weighted by Gasteiger charge is -2.10. The van der Waals surface area contributed by atoms with Crippen molar-refractivity contribution in [2.24, 2.45) is 0 Å². The van der Waals surface area contributed by atoms with Gasteiger partial charge in [0.25, 0.3) is 0 Å². The van der Waals surface area contributed by atoms with Crippen LogP contribution in [0.25, 0.3) is 21.6 Å². The van der Waals surface area contributed by atoms with Crippen LogP contribution in [0, 0.1) is 13.8 Å². The number of hydrogen-bond acceptors (Lipinski definition) is 6. The predicted octanol–water partition coefficient (Wildman–Crippen LogP) is 7.50. The van der Waals surface area contributed by atoms with E-state index >= 15 is 0 Å². The molecule has 0 radical (unpaired) electrons. The summed E-state index contributed by atoms with van der Waals surface area (Å²) in [6.45, 7) is 5.65. The lowest BCUT2D eigenvalue weighted by atomic mass is 10.0. The summed E-state index contributed by atoms with van der Waals surface area (Å²) in [7, 11) is 0. The molecular formula is C28H25ClN2O3S2. The highest BCUT2D eigenvalue weighted by molar-refractivity contribution is 7.17. The van der Waals surface area contributed by atoms with Crippen LogP contribution in [0.1, 0.15) is 52.0 Å². The van der Waals surface area contributed by atoms with Crippen LogP contribution in [0.15, 0.2) is 48.0 Å². The van der Waals surface area contributed by atoms with Gasteiger partial charge in [-0.1, -0.05) is 11.6 Å². The second kappa shape index (κ2) is 10.2. The molecule has 0 aliphatic carbocycles. The Morgan fingerprint density at radius 3 is 2.81 bits per heavy atom. The molecule has 4 heterocycles. The Hall–Kier alpha value is -3.00. The summed E-state index contributed by atoms with van der Waals surface area (Å²) >= 11 is 9.58. The van der Waals surface area contributed by atoms with Crippen LogP contribution >= 0.6 is 34.3 Å². The number of rotatable bonds is 8. The SMILES string of the molecule is CC(=O)c1ccc(-c2cc(Cl)c3c(c2)CC(CCC(=O)/C=C/c2cc(C)n(-c4nccs4)c2C)O3)s1. The van der Waals surface area contributed by atoms with Gasteiger partial charge in [0.1, 0.15) is 11.9 Å². The summed E-state index contributed by atoms with van der Waals surface area (Å²) in [4.78, 5) is 30.4. The van der Waals surface area contributed by atoms with E-state index in [4.69, 9.17) is 16.3 Å². The summed E-state index contributed by atoms with van der Waals surface area (Å²) < 4.78 is 8.20. The van der Waals surface area contributed by atoms with E-state index in [1.54, 1.807) is 30.5 Å². The van der Waals surface area contributed by atoms with Gasteiger partial charge in [0.15, 0.2) is 16.7 Å². The number of aromatic nitrogens is 2. The quantitative estimate of drug-likeness (QED) is 0.173. The van der Waals surface area contributed by atoms with Gasteiger partial charge in [-0.2, -0.15) is 0 Å². The minimum atomic E-state index is -0.0869. The third kappa shape index (κ3) is 4.96. The number of thiophene rings is 1. The number of nitrogens with zero attached hydrogens (tertiary/aromatic N) is 2. The van der Waals surface area contributed by atoms with Gasteiger partial charge in [0.05, 0.1) is 9.90 Å². The number of thiazole rings is 1. The first-order chi connectivity index (χ1) is 17.3. The van der Waals surface area contributed by atoms with E-state index in [1.165, 1.54) is 11.3 Å². The van der Waals surface area contributed by atoms with Crippen molar-refractivity contribution < 1.29 is 14.3 Å². The zero-order valence-electron chi connectivity index (χ0n) is 20.2. The van der Waals surface area contributed by atoms with E-state index in [-0.39, 0.29) is 17.7 Å². The van der Waals surface area contributed by atoms with Gasteiger partial charge < -0.3 is 4.74 Å². The molecule has 1 unspecified atom stereocenters. The Morgan fingerprint density at radius 1 is 1.25 bits per heavy atom. The van der Waals surface area contributed by atoms with E-state index in [1.807, 2.05) is 43.5 Å². The molecule has 0 spiro atoms. The average molecular weight is 537 g/mol. The Bertz CT molecular complexity index is 1480. The zero-order valence-corrected chi connectivity index (χ0v) is 22.6. The summed E-state index contributed by atoms with van der Waals surface area (Å²) in [5.74, 6) is 0.824. The van der Waals surface area contributed by atoms with E-state index in [0.29, 0.717) is 30.0 Å². The van der Waals surface area contributed by atoms with E-state index < -0.39 is 0 Å². The number of hydrogen-bond donors (Lipinski definition) is 0. The third-order valence-electron chi connectivity index (χ3n) is 6.33. The van der Waals surface area contributed by atoms with Gasteiger partial charge in [-0.15, -0.1) is 22.7 Å². The summed E-state index contributed by atoms with van der Waals surface area (Å²) in [6.07, 6.45) is 6.98. The Labute approximate surface area is 223 Å². The minimum Gasteiger partial charge on any atom is -0.488 e. The van der Waals surface area contributed by atoms with Gasteiger partial charge in [-0.3, -0.25) is 14.2 Å². The molecule has 1 aliphatic rings. The maximum Gasteiger partial charge on any atom is 0.193 e. The maximum absolute atomic E-state index is 12.6. The van der Waals surface area contributed by atoms with Crippen molar-refractivity contribution in [2.45, 2.75) is 46.1 Å². The fourth-order valence-electron chi connectivity index (χ4n) is 4.52. The summed E-state index contributed by atoms with van der Waals surface area (Å²) in [6, 6.07) is 9.83. The number of benzene rings is 1. The molecule has 0 saturated heterocycles. The highest BCUT2D eigenvalue weighted by Crippen LogP contribution is 2.41. The molecule has 5 rings (SSSR count). The van der Waals surface area contributed by atoms with Crippen molar-refractivity contribution in [3.8, 4) is 21.3 Å². The van der Waals surface area contributed by atoms with Crippen LogP contribution in [0.3, 0.4) is 0 Å². The number of aryl methyl sites for hydroxylation is 1. The largest absolute Gasteiger partial charge is 0.488 e. The minimum absolute atomic E-state index is 0.0583. The number of halogens is 1. The van der Waals surface area contributed by atoms with Crippen molar-refractivity contribution in [1.29, 1.82) is 0 Å². The molecule has 0 saturated carbocycles. The van der Waals surface area contributed by atoms with Crippen LogP contribution in [-0.2, 0) is 11.2 Å². The molecule has 0 amide bonds. The first-order valence-electron chi connectivity index (χ1n) is 11.7. The number of carbonyl (C=O) groups is 2. The first-order valence-corrected chi connectivity index (χ1v) is 13.8. The number of ether oxygens (including phenoxy) is 1. The molecule has 3 aromatic heterocycles. The first kappa shape index (κ1) is 24.7. The van der Waals surface area contributed by atoms with Gasteiger partial charge in [0.2, 0.25) is 0 Å². The third-order valence-corrected chi connectivity index (χ3v) is 8.60. The molecular weight excluding hydrogens is 512 g/mol. The molecule has 0 N–H and O–H groups in total. The highest BCUT2D eigenvalue weighted by atomic mass is 35.5. The zero-order chi connectivity index (χ0) is 25.4. The maximum atomic E-state index is 12.6. The van der Waals surface area contributed by atoms with Crippen LogP contribution in [0.5, 0.6) is 5.75 Å². The summed E-state index contributed by atoms with van der Waals surface area (Å²) in [5, 5.41) is 3.44. The number of Topliss-reactive ketones (excluding diaryl/α,β-unsaturated/α-hetero) is 1. The predicted molar refractivity (Wildman–Crippen MR) is 147 cm³/mol. The molecule has 8 heteroatoms. The van der Waals surface area contributed by atoms with Crippen molar-refractivity contribution >= 4 is 51.9 Å². The summed E-state index contributed by atoms with van der Waals surface area (Å²) in [5.41, 5.74) is 5.19. The van der Waals surface area contributed by atoms with Gasteiger partial charge in [0, 0.05) is 46.2 Å². The number of carbonyl (C=O) groups excluding carboxylic acids is 2. The molecule has 36 heavy (non-hydrogen) atoms. The van der Waals surface area contributed by atoms with Crippen molar-refractivity contribution in [3.05, 3.63) is 80.4 Å². The lowest BCUT2D eigenvalue weighted by molar-refractivity contribution is -0.115. The van der Waals surface area contributed by atoms with E-state index in [0.717, 1.165) is 43.0 Å². The van der Waals surface area contributed by atoms with Crippen molar-refractivity contribution in [1.82, 2.24) is 9.55 Å². The Balaban J connectivity index is 1.21. The average Bonchev–Trinajstić information content (AvgIpc) is 3.63. The fraction of sp³-hybridized carbons (Fsp3) is 0.250. The van der Waals surface area contributed by atoms with Crippen LogP contribution in [-0.4, -0.2) is 27.2 Å². The number of ketones is 2. The Morgan fingerprint density at radius 2 is 2.08 bits per heavy atom. The van der Waals surface area contributed by atoms with Gasteiger partial charge >= 0.3 is 0 Å². The lowest BCUT2D eigenvalue weighted by Crippen LogP contribution is -2.14. The molecule has 1 aromatic carbocycles. The highest BCUT2D eigenvalue weighted by Gasteiger charge is 2.26. The topological polar surface area (TPSA) is 61.2 Å². The molecule has 0 fully saturated rings. The smallest absolute Gasteiger partial charge is 0.193 e. The van der Waals surface area contributed by atoms with Crippen LogP contribution in [0.2, 0.25) is 5.02 Å². The molecule has 1 atom stereocenters. The molecule has 0 bridgehead atoms. The molecule has 1 aliphatic heterocycles. The second-order valence-corrected chi connectivity index (χ2v) is 11.3.